The van der Waals surface area contributed by atoms with Crippen LogP contribution in [-0.2, 0) is 5.41 Å². The van der Waals surface area contributed by atoms with Crippen LogP contribution in [0.5, 0.6) is 0 Å². The van der Waals surface area contributed by atoms with Crippen LogP contribution in [0.25, 0.3) is 0 Å². The highest BCUT2D eigenvalue weighted by atomic mass is 14.3. The van der Waals surface area contributed by atoms with Gasteiger partial charge in [0.1, 0.15) is 0 Å². The topological polar surface area (TPSA) is 0 Å². The number of hydrogen-bond donors (Lipinski definition) is 0. The Labute approximate surface area is 130 Å². The van der Waals surface area contributed by atoms with Gasteiger partial charge in [-0.25, -0.2) is 0 Å². The lowest BCUT2D eigenvalue weighted by Crippen LogP contribution is -2.24. The Bertz CT molecular complexity index is 562. The lowest BCUT2D eigenvalue weighted by Gasteiger charge is -2.33. The molecule has 0 atom stereocenters. The zero-order valence-electron chi connectivity index (χ0n) is 14.3. The van der Waals surface area contributed by atoms with Crippen LogP contribution in [0.4, 0.5) is 0 Å². The Morgan fingerprint density at radius 1 is 0.667 bits per heavy atom. The molecule has 0 unspecified atom stereocenters. The summed E-state index contributed by atoms with van der Waals surface area (Å²) in [5.74, 6) is 1.09. The van der Waals surface area contributed by atoms with E-state index in [2.05, 4.69) is 90.1 Å². The van der Waals surface area contributed by atoms with Crippen molar-refractivity contribution >= 4 is 0 Å². The molecule has 0 heteroatoms. The second-order valence-electron chi connectivity index (χ2n) is 7.11. The smallest absolute Gasteiger partial charge is 0.0152 e. The zero-order valence-corrected chi connectivity index (χ0v) is 14.3. The van der Waals surface area contributed by atoms with Gasteiger partial charge in [0, 0.05) is 5.41 Å². The molecule has 0 spiro atoms. The summed E-state index contributed by atoms with van der Waals surface area (Å²) in [7, 11) is 0. The highest BCUT2D eigenvalue weighted by molar-refractivity contribution is 5.49. The predicted octanol–water partition coefficient (Wildman–Crippen LogP) is 6.26. The molecule has 112 valence electrons. The minimum atomic E-state index is 0.0295. The third-order valence-electron chi connectivity index (χ3n) is 4.49. The fourth-order valence-electron chi connectivity index (χ4n) is 3.27. The van der Waals surface area contributed by atoms with Crippen molar-refractivity contribution in [3.63, 3.8) is 0 Å². The Morgan fingerprint density at radius 3 is 1.57 bits per heavy atom. The van der Waals surface area contributed by atoms with Crippen molar-refractivity contribution in [2.24, 2.45) is 0 Å². The van der Waals surface area contributed by atoms with Crippen molar-refractivity contribution in [3.05, 3.63) is 70.8 Å². The van der Waals surface area contributed by atoms with E-state index in [1.807, 2.05) is 0 Å². The SMILES string of the molecule is CC(C)c1cccc(C(C)C)c1C(C)(C)c1ccccc1. The Morgan fingerprint density at radius 2 is 1.14 bits per heavy atom. The van der Waals surface area contributed by atoms with Crippen molar-refractivity contribution in [3.8, 4) is 0 Å². The summed E-state index contributed by atoms with van der Waals surface area (Å²) < 4.78 is 0. The molecule has 0 radical (unpaired) electrons. The van der Waals surface area contributed by atoms with Crippen LogP contribution in [0.2, 0.25) is 0 Å². The molecule has 0 aliphatic rings. The molecule has 0 N–H and O–H groups in total. The van der Waals surface area contributed by atoms with E-state index in [1.165, 1.54) is 22.3 Å². The van der Waals surface area contributed by atoms with Gasteiger partial charge in [0.05, 0.1) is 0 Å². The number of benzene rings is 2. The van der Waals surface area contributed by atoms with Gasteiger partial charge in [0.25, 0.3) is 0 Å². The van der Waals surface area contributed by atoms with Crippen LogP contribution in [-0.4, -0.2) is 0 Å². The van der Waals surface area contributed by atoms with Crippen molar-refractivity contribution in [2.75, 3.05) is 0 Å². The molecule has 0 saturated carbocycles. The molecule has 2 rings (SSSR count). The molecular formula is C21H28. The van der Waals surface area contributed by atoms with Gasteiger partial charge in [-0.3, -0.25) is 0 Å². The molecule has 0 aromatic heterocycles. The van der Waals surface area contributed by atoms with E-state index in [9.17, 15) is 0 Å². The Hall–Kier alpha value is -1.56. The molecule has 2 aromatic rings. The van der Waals surface area contributed by atoms with Gasteiger partial charge in [-0.2, -0.15) is 0 Å². The third kappa shape index (κ3) is 3.05. The maximum Gasteiger partial charge on any atom is 0.0152 e. The van der Waals surface area contributed by atoms with Crippen LogP contribution in [0.15, 0.2) is 48.5 Å². The van der Waals surface area contributed by atoms with E-state index in [-0.39, 0.29) is 5.41 Å². The molecule has 0 aliphatic carbocycles. The van der Waals surface area contributed by atoms with E-state index in [1.54, 1.807) is 0 Å². The fraction of sp³-hybridized carbons (Fsp3) is 0.429. The maximum atomic E-state index is 2.36. The first-order chi connectivity index (χ1) is 9.85. The van der Waals surface area contributed by atoms with Crippen LogP contribution in [0, 0.1) is 0 Å². The number of hydrogen-bond acceptors (Lipinski definition) is 0. The van der Waals surface area contributed by atoms with Crippen LogP contribution < -0.4 is 0 Å². The molecule has 0 nitrogen and oxygen atoms in total. The summed E-state index contributed by atoms with van der Waals surface area (Å²) in [5.41, 5.74) is 5.90. The summed E-state index contributed by atoms with van der Waals surface area (Å²) in [6, 6.07) is 17.7. The summed E-state index contributed by atoms with van der Waals surface area (Å²) in [5, 5.41) is 0. The fourth-order valence-corrected chi connectivity index (χ4v) is 3.27. The van der Waals surface area contributed by atoms with E-state index in [0.29, 0.717) is 11.8 Å². The summed E-state index contributed by atoms with van der Waals surface area (Å²) in [6.07, 6.45) is 0. The van der Waals surface area contributed by atoms with Gasteiger partial charge in [0.2, 0.25) is 0 Å². The Kier molecular flexibility index (Phi) is 4.56. The second-order valence-corrected chi connectivity index (χ2v) is 7.11. The van der Waals surface area contributed by atoms with Gasteiger partial charge in [-0.15, -0.1) is 0 Å². The zero-order chi connectivity index (χ0) is 15.6. The molecule has 0 bridgehead atoms. The average Bonchev–Trinajstić information content (AvgIpc) is 2.47. The largest absolute Gasteiger partial charge is 0.0622 e. The maximum absolute atomic E-state index is 2.36. The first-order valence-electron chi connectivity index (χ1n) is 8.04. The van der Waals surface area contributed by atoms with Crippen molar-refractivity contribution in [1.82, 2.24) is 0 Å². The molecule has 0 heterocycles. The van der Waals surface area contributed by atoms with Crippen molar-refractivity contribution < 1.29 is 0 Å². The van der Waals surface area contributed by atoms with Gasteiger partial charge in [-0.1, -0.05) is 90.1 Å². The molecule has 0 fully saturated rings. The minimum Gasteiger partial charge on any atom is -0.0622 e. The van der Waals surface area contributed by atoms with Crippen LogP contribution >= 0.6 is 0 Å². The second kappa shape index (κ2) is 6.05. The standard InChI is InChI=1S/C21H28/c1-15(2)18-13-10-14-19(16(3)4)20(18)21(5,6)17-11-8-7-9-12-17/h7-16H,1-6H3. The Balaban J connectivity index is 2.71. The molecular weight excluding hydrogens is 252 g/mol. The lowest BCUT2D eigenvalue weighted by atomic mass is 9.71. The normalized spacial score (nSPS) is 12.2. The predicted molar refractivity (Wildman–Crippen MR) is 93.2 cm³/mol. The summed E-state index contributed by atoms with van der Waals surface area (Å²) in [6.45, 7) is 13.9. The monoisotopic (exact) mass is 280 g/mol. The summed E-state index contributed by atoms with van der Waals surface area (Å²) in [4.78, 5) is 0. The highest BCUT2D eigenvalue weighted by Gasteiger charge is 2.29. The van der Waals surface area contributed by atoms with E-state index in [0.717, 1.165) is 0 Å². The first kappa shape index (κ1) is 15.8. The molecule has 2 aromatic carbocycles. The van der Waals surface area contributed by atoms with Gasteiger partial charge >= 0.3 is 0 Å². The third-order valence-corrected chi connectivity index (χ3v) is 4.49. The van der Waals surface area contributed by atoms with Crippen LogP contribution in [0.1, 0.15) is 75.6 Å². The van der Waals surface area contributed by atoms with Gasteiger partial charge in [-0.05, 0) is 34.1 Å². The van der Waals surface area contributed by atoms with Crippen LogP contribution in [0.3, 0.4) is 0 Å². The average molecular weight is 280 g/mol. The molecule has 0 saturated heterocycles. The quantitative estimate of drug-likeness (QED) is 0.620. The minimum absolute atomic E-state index is 0.0295. The van der Waals surface area contributed by atoms with E-state index < -0.39 is 0 Å². The van der Waals surface area contributed by atoms with Crippen molar-refractivity contribution in [2.45, 2.75) is 58.8 Å². The van der Waals surface area contributed by atoms with E-state index in [4.69, 9.17) is 0 Å². The van der Waals surface area contributed by atoms with Gasteiger partial charge < -0.3 is 0 Å². The first-order valence-corrected chi connectivity index (χ1v) is 8.04. The molecule has 0 amide bonds. The number of rotatable bonds is 4. The highest BCUT2D eigenvalue weighted by Crippen LogP contribution is 2.40. The van der Waals surface area contributed by atoms with Gasteiger partial charge in [0.15, 0.2) is 0 Å². The lowest BCUT2D eigenvalue weighted by molar-refractivity contribution is 0.607. The van der Waals surface area contributed by atoms with Crippen molar-refractivity contribution in [1.29, 1.82) is 0 Å². The van der Waals surface area contributed by atoms with E-state index >= 15 is 0 Å². The molecule has 0 aliphatic heterocycles. The molecule has 21 heavy (non-hydrogen) atoms. The summed E-state index contributed by atoms with van der Waals surface area (Å²) >= 11 is 0.